The third kappa shape index (κ3) is 4.13. The lowest BCUT2D eigenvalue weighted by molar-refractivity contribution is 0.0524. The molecule has 1 aromatic carbocycles. The summed E-state index contributed by atoms with van der Waals surface area (Å²) in [4.78, 5) is 0. The number of aliphatic hydroxyl groups excluding tert-OH is 2. The van der Waals surface area contributed by atoms with Crippen molar-refractivity contribution in [1.82, 2.24) is 5.32 Å². The lowest BCUT2D eigenvalue weighted by Crippen LogP contribution is -2.21. The fourth-order valence-electron chi connectivity index (χ4n) is 1.45. The summed E-state index contributed by atoms with van der Waals surface area (Å²) in [6, 6.07) is 3.78. The number of aliphatic hydroxyl groups is 2. The van der Waals surface area contributed by atoms with E-state index in [9.17, 15) is 5.11 Å². The molecule has 0 radical (unpaired) electrons. The second-order valence-corrected chi connectivity index (χ2v) is 4.64. The van der Waals surface area contributed by atoms with Gasteiger partial charge in [-0.2, -0.15) is 0 Å². The maximum Gasteiger partial charge on any atom is 0.175 e. The lowest BCUT2D eigenvalue weighted by Gasteiger charge is -2.15. The molecule has 1 unspecified atom stereocenters. The van der Waals surface area contributed by atoms with Crippen LogP contribution in [0.2, 0.25) is 0 Å². The number of rotatable bonds is 7. The van der Waals surface area contributed by atoms with Gasteiger partial charge in [-0.15, -0.1) is 0 Å². The number of methoxy groups -OCH3 is 1. The lowest BCUT2D eigenvalue weighted by atomic mass is 10.2. The highest BCUT2D eigenvalue weighted by atomic mass is 79.9. The van der Waals surface area contributed by atoms with Crippen molar-refractivity contribution in [2.24, 2.45) is 0 Å². The van der Waals surface area contributed by atoms with Crippen LogP contribution in [-0.4, -0.2) is 43.7 Å². The standard InChI is InChI=1S/C12H18BrNO4/c1-14-5-8-3-10(13)12(11(4-8)17-2)18-7-9(16)6-15/h3-4,9,14-16H,5-7H2,1-2H3. The summed E-state index contributed by atoms with van der Waals surface area (Å²) in [7, 11) is 3.42. The zero-order chi connectivity index (χ0) is 13.5. The van der Waals surface area contributed by atoms with Crippen molar-refractivity contribution < 1.29 is 19.7 Å². The summed E-state index contributed by atoms with van der Waals surface area (Å²) < 4.78 is 11.4. The summed E-state index contributed by atoms with van der Waals surface area (Å²) >= 11 is 3.40. The van der Waals surface area contributed by atoms with E-state index in [1.807, 2.05) is 19.2 Å². The minimum absolute atomic E-state index is 0.0107. The monoisotopic (exact) mass is 319 g/mol. The minimum Gasteiger partial charge on any atom is -0.493 e. The Labute approximate surface area is 115 Å². The number of nitrogens with one attached hydrogen (secondary N) is 1. The highest BCUT2D eigenvalue weighted by Crippen LogP contribution is 2.36. The first-order chi connectivity index (χ1) is 8.62. The molecule has 0 bridgehead atoms. The highest BCUT2D eigenvalue weighted by Gasteiger charge is 2.13. The number of hydrogen-bond acceptors (Lipinski definition) is 5. The Morgan fingerprint density at radius 3 is 2.72 bits per heavy atom. The second kappa shape index (κ2) is 7.58. The van der Waals surface area contributed by atoms with Crippen LogP contribution in [-0.2, 0) is 6.54 Å². The molecule has 0 aliphatic heterocycles. The van der Waals surface area contributed by atoms with Crippen molar-refractivity contribution in [3.05, 3.63) is 22.2 Å². The van der Waals surface area contributed by atoms with Gasteiger partial charge in [-0.3, -0.25) is 0 Å². The molecule has 0 aliphatic carbocycles. The van der Waals surface area contributed by atoms with Gasteiger partial charge in [0.15, 0.2) is 11.5 Å². The first-order valence-corrected chi connectivity index (χ1v) is 6.34. The number of hydrogen-bond donors (Lipinski definition) is 3. The van der Waals surface area contributed by atoms with E-state index in [4.69, 9.17) is 14.6 Å². The summed E-state index contributed by atoms with van der Waals surface area (Å²) in [5, 5.41) is 21.1. The third-order valence-electron chi connectivity index (χ3n) is 2.30. The summed E-state index contributed by atoms with van der Waals surface area (Å²) in [6.07, 6.45) is -0.904. The number of halogens is 1. The molecule has 102 valence electrons. The van der Waals surface area contributed by atoms with Crippen molar-refractivity contribution >= 4 is 15.9 Å². The van der Waals surface area contributed by atoms with E-state index in [0.29, 0.717) is 18.0 Å². The Morgan fingerprint density at radius 1 is 1.44 bits per heavy atom. The van der Waals surface area contributed by atoms with Gasteiger partial charge in [-0.05, 0) is 40.7 Å². The van der Waals surface area contributed by atoms with Crippen LogP contribution >= 0.6 is 15.9 Å². The predicted molar refractivity (Wildman–Crippen MR) is 72.0 cm³/mol. The first-order valence-electron chi connectivity index (χ1n) is 5.55. The molecule has 6 heteroatoms. The SMILES string of the molecule is CNCc1cc(Br)c(OCC(O)CO)c(OC)c1. The van der Waals surface area contributed by atoms with Crippen molar-refractivity contribution in [3.63, 3.8) is 0 Å². The van der Waals surface area contributed by atoms with Gasteiger partial charge in [-0.25, -0.2) is 0 Å². The highest BCUT2D eigenvalue weighted by molar-refractivity contribution is 9.10. The largest absolute Gasteiger partial charge is 0.493 e. The minimum atomic E-state index is -0.904. The van der Waals surface area contributed by atoms with Crippen molar-refractivity contribution in [3.8, 4) is 11.5 Å². The molecule has 0 spiro atoms. The molecule has 0 aromatic heterocycles. The van der Waals surface area contributed by atoms with E-state index in [1.165, 1.54) is 0 Å². The van der Waals surface area contributed by atoms with Gasteiger partial charge in [0, 0.05) is 6.54 Å². The van der Waals surface area contributed by atoms with Gasteiger partial charge in [0.2, 0.25) is 0 Å². The summed E-state index contributed by atoms with van der Waals surface area (Å²) in [6.45, 7) is 0.392. The van der Waals surface area contributed by atoms with Gasteiger partial charge in [0.25, 0.3) is 0 Å². The average Bonchev–Trinajstić information content (AvgIpc) is 2.36. The summed E-state index contributed by atoms with van der Waals surface area (Å²) in [5.41, 5.74) is 1.05. The molecular formula is C12H18BrNO4. The van der Waals surface area contributed by atoms with Crippen molar-refractivity contribution in [2.75, 3.05) is 27.4 Å². The molecule has 0 fully saturated rings. The van der Waals surface area contributed by atoms with Crippen LogP contribution in [0.4, 0.5) is 0 Å². The molecule has 1 rings (SSSR count). The van der Waals surface area contributed by atoms with E-state index < -0.39 is 6.10 Å². The van der Waals surface area contributed by atoms with Crippen LogP contribution in [0.3, 0.4) is 0 Å². The van der Waals surface area contributed by atoms with Gasteiger partial charge in [-0.1, -0.05) is 0 Å². The van der Waals surface area contributed by atoms with Crippen LogP contribution in [0.1, 0.15) is 5.56 Å². The molecule has 3 N–H and O–H groups in total. The molecule has 0 amide bonds. The molecule has 1 atom stereocenters. The van der Waals surface area contributed by atoms with Crippen LogP contribution in [0.25, 0.3) is 0 Å². The van der Waals surface area contributed by atoms with Crippen LogP contribution in [0.5, 0.6) is 11.5 Å². The molecular weight excluding hydrogens is 302 g/mol. The quantitative estimate of drug-likeness (QED) is 0.697. The fourth-order valence-corrected chi connectivity index (χ4v) is 2.06. The van der Waals surface area contributed by atoms with E-state index in [0.717, 1.165) is 10.0 Å². The van der Waals surface area contributed by atoms with Crippen LogP contribution in [0.15, 0.2) is 16.6 Å². The van der Waals surface area contributed by atoms with Gasteiger partial charge < -0.3 is 25.0 Å². The zero-order valence-corrected chi connectivity index (χ0v) is 12.0. The van der Waals surface area contributed by atoms with Gasteiger partial charge in [0.05, 0.1) is 18.2 Å². The van der Waals surface area contributed by atoms with E-state index in [-0.39, 0.29) is 13.2 Å². The molecule has 18 heavy (non-hydrogen) atoms. The molecule has 1 aromatic rings. The zero-order valence-electron chi connectivity index (χ0n) is 10.4. The Bertz CT molecular complexity index is 387. The maximum absolute atomic E-state index is 9.27. The van der Waals surface area contributed by atoms with Gasteiger partial charge >= 0.3 is 0 Å². The Morgan fingerprint density at radius 2 is 2.17 bits per heavy atom. The maximum atomic E-state index is 9.27. The first kappa shape index (κ1) is 15.2. The fraction of sp³-hybridized carbons (Fsp3) is 0.500. The normalized spacial score (nSPS) is 12.3. The summed E-state index contributed by atoms with van der Waals surface area (Å²) in [5.74, 6) is 1.10. The molecule has 0 aliphatic rings. The molecule has 5 nitrogen and oxygen atoms in total. The number of benzene rings is 1. The average molecular weight is 320 g/mol. The third-order valence-corrected chi connectivity index (χ3v) is 2.89. The molecule has 0 saturated heterocycles. The number of ether oxygens (including phenoxy) is 2. The molecule has 0 heterocycles. The Kier molecular flexibility index (Phi) is 6.42. The Balaban J connectivity index is 2.89. The van der Waals surface area contributed by atoms with E-state index in [2.05, 4.69) is 21.2 Å². The van der Waals surface area contributed by atoms with E-state index >= 15 is 0 Å². The Hall–Kier alpha value is -0.820. The van der Waals surface area contributed by atoms with Crippen LogP contribution < -0.4 is 14.8 Å². The van der Waals surface area contributed by atoms with Crippen molar-refractivity contribution in [1.29, 1.82) is 0 Å². The van der Waals surface area contributed by atoms with E-state index in [1.54, 1.807) is 7.11 Å². The topological polar surface area (TPSA) is 71.0 Å². The van der Waals surface area contributed by atoms with Crippen molar-refractivity contribution in [2.45, 2.75) is 12.6 Å². The van der Waals surface area contributed by atoms with Gasteiger partial charge in [0.1, 0.15) is 12.7 Å². The molecule has 0 saturated carbocycles. The predicted octanol–water partition coefficient (Wildman–Crippen LogP) is 0.909. The second-order valence-electron chi connectivity index (χ2n) is 3.79. The smallest absolute Gasteiger partial charge is 0.175 e. The van der Waals surface area contributed by atoms with Crippen LogP contribution in [0, 0.1) is 0 Å².